The van der Waals surface area contributed by atoms with E-state index in [1.807, 2.05) is 32.9 Å². The molecule has 2 rings (SSSR count). The Hall–Kier alpha value is -3.17. The molecule has 1 fully saturated rings. The Kier molecular flexibility index (Phi) is 9.00. The van der Waals surface area contributed by atoms with Gasteiger partial charge in [-0.3, -0.25) is 0 Å². The van der Waals surface area contributed by atoms with Crippen LogP contribution in [-0.4, -0.2) is 67.9 Å². The number of benzene rings is 1. The number of amides is 2. The number of hydrogen-bond donors (Lipinski definition) is 1. The lowest BCUT2D eigenvalue weighted by Gasteiger charge is -2.24. The number of carbonyl (C=O) groups is 2. The molecule has 1 heterocycles. The molecule has 0 aliphatic carbocycles. The summed E-state index contributed by atoms with van der Waals surface area (Å²) >= 11 is 0. The van der Waals surface area contributed by atoms with Crippen LogP contribution in [0.4, 0.5) is 9.59 Å². The van der Waals surface area contributed by atoms with E-state index in [-0.39, 0.29) is 25.6 Å². The fraction of sp³-hybridized carbons (Fsp3) is 0.625. The van der Waals surface area contributed by atoms with E-state index in [1.165, 1.54) is 0 Å². The summed E-state index contributed by atoms with van der Waals surface area (Å²) in [6.07, 6.45) is -0.983. The van der Waals surface area contributed by atoms with Crippen LogP contribution in [0.1, 0.15) is 47.1 Å². The van der Waals surface area contributed by atoms with E-state index in [0.29, 0.717) is 23.8 Å². The summed E-state index contributed by atoms with van der Waals surface area (Å²) in [5.41, 5.74) is 0.176. The van der Waals surface area contributed by atoms with Crippen LogP contribution in [0.25, 0.3) is 0 Å². The molecule has 1 aliphatic heterocycles. The number of rotatable bonds is 7. The van der Waals surface area contributed by atoms with Crippen molar-refractivity contribution in [1.29, 1.82) is 0 Å². The number of hydrogen-bond acceptors (Lipinski definition) is 8. The zero-order valence-corrected chi connectivity index (χ0v) is 21.4. The quantitative estimate of drug-likeness (QED) is 0.590. The smallest absolute Gasteiger partial charge is 0.410 e. The van der Waals surface area contributed by atoms with Crippen molar-refractivity contribution in [1.82, 2.24) is 10.2 Å². The van der Waals surface area contributed by atoms with Gasteiger partial charge >= 0.3 is 12.2 Å². The van der Waals surface area contributed by atoms with E-state index in [0.717, 1.165) is 5.56 Å². The summed E-state index contributed by atoms with van der Waals surface area (Å²) in [6, 6.07) is 5.40. The van der Waals surface area contributed by atoms with Gasteiger partial charge in [-0.25, -0.2) is 9.59 Å². The fourth-order valence-electron chi connectivity index (χ4n) is 3.19. The van der Waals surface area contributed by atoms with Crippen LogP contribution in [0, 0.1) is 5.92 Å². The first kappa shape index (κ1) is 27.1. The normalized spacial score (nSPS) is 17.4. The number of alkyl carbamates (subject to hydrolysis) is 1. The summed E-state index contributed by atoms with van der Waals surface area (Å²) < 4.78 is 21.4. The average Bonchev–Trinajstić information content (AvgIpc) is 3.13. The first-order chi connectivity index (χ1) is 15.8. The number of nitrogens with one attached hydrogen (secondary N) is 1. The molecule has 1 aromatic rings. The van der Waals surface area contributed by atoms with E-state index in [9.17, 15) is 9.59 Å². The van der Waals surface area contributed by atoms with Crippen molar-refractivity contribution in [2.75, 3.05) is 33.9 Å². The number of carbonyl (C=O) groups excluding carboxylic acids is 2. The average molecular weight is 480 g/mol. The predicted octanol–water partition coefficient (Wildman–Crippen LogP) is 3.97. The monoisotopic (exact) mass is 479 g/mol. The zero-order chi connectivity index (χ0) is 25.5. The second-order valence-electron chi connectivity index (χ2n) is 9.97. The molecule has 0 saturated carbocycles. The topological polar surface area (TPSA) is 108 Å². The maximum Gasteiger partial charge on any atom is 0.410 e. The zero-order valence-electron chi connectivity index (χ0n) is 21.4. The van der Waals surface area contributed by atoms with Gasteiger partial charge in [0.05, 0.1) is 26.5 Å². The largest absolute Gasteiger partial charge is 0.497 e. The van der Waals surface area contributed by atoms with Gasteiger partial charge in [0.25, 0.3) is 0 Å². The summed E-state index contributed by atoms with van der Waals surface area (Å²) in [5, 5.41) is 7.04. The van der Waals surface area contributed by atoms with Crippen LogP contribution in [0.15, 0.2) is 23.4 Å². The molecule has 10 heteroatoms. The molecule has 10 nitrogen and oxygen atoms in total. The van der Waals surface area contributed by atoms with E-state index in [4.69, 9.17) is 23.8 Å². The van der Waals surface area contributed by atoms with Crippen LogP contribution >= 0.6 is 0 Å². The Balaban J connectivity index is 2.10. The molecule has 0 aromatic heterocycles. The molecule has 0 radical (unpaired) electrons. The summed E-state index contributed by atoms with van der Waals surface area (Å²) in [5.74, 6) is 1.03. The molecule has 190 valence electrons. The van der Waals surface area contributed by atoms with Gasteiger partial charge in [-0.05, 0) is 53.7 Å². The first-order valence-electron chi connectivity index (χ1n) is 11.2. The number of likely N-dealkylation sites (tertiary alicyclic amines) is 1. The first-order valence-corrected chi connectivity index (χ1v) is 11.2. The Labute approximate surface area is 201 Å². The molecular formula is C24H37N3O7. The standard InChI is InChI=1S/C24H37N3O7/c1-23(2,3)33-21(28)25-12-17-13-27(22(29)34-24(4,5)6)14-19(17)26-32-15-16-9-10-18(30-7)11-20(16)31-8/h9-11,17H,12-15H2,1-8H3,(H,25,28)/b26-19+. The maximum absolute atomic E-state index is 12.6. The van der Waals surface area contributed by atoms with Crippen molar-refractivity contribution in [3.05, 3.63) is 23.8 Å². The van der Waals surface area contributed by atoms with E-state index >= 15 is 0 Å². The molecule has 0 bridgehead atoms. The van der Waals surface area contributed by atoms with Crippen molar-refractivity contribution in [3.63, 3.8) is 0 Å². The number of methoxy groups -OCH3 is 2. The van der Waals surface area contributed by atoms with Crippen molar-refractivity contribution in [3.8, 4) is 11.5 Å². The summed E-state index contributed by atoms with van der Waals surface area (Å²) in [6.45, 7) is 11.8. The Morgan fingerprint density at radius 2 is 1.74 bits per heavy atom. The minimum absolute atomic E-state index is 0.162. The predicted molar refractivity (Wildman–Crippen MR) is 127 cm³/mol. The second-order valence-corrected chi connectivity index (χ2v) is 9.97. The van der Waals surface area contributed by atoms with Gasteiger partial charge in [0, 0.05) is 30.6 Å². The molecule has 1 aliphatic rings. The highest BCUT2D eigenvalue weighted by Crippen LogP contribution is 2.25. The molecule has 34 heavy (non-hydrogen) atoms. The maximum atomic E-state index is 12.6. The van der Waals surface area contributed by atoms with Crippen molar-refractivity contribution in [2.45, 2.75) is 59.4 Å². The van der Waals surface area contributed by atoms with Crippen molar-refractivity contribution in [2.24, 2.45) is 11.1 Å². The molecule has 2 amide bonds. The van der Waals surface area contributed by atoms with Crippen LogP contribution in [0.3, 0.4) is 0 Å². The molecule has 1 unspecified atom stereocenters. The molecular weight excluding hydrogens is 442 g/mol. The Morgan fingerprint density at radius 3 is 2.32 bits per heavy atom. The van der Waals surface area contributed by atoms with Crippen LogP contribution in [0.5, 0.6) is 11.5 Å². The van der Waals surface area contributed by atoms with Crippen molar-refractivity contribution >= 4 is 17.9 Å². The molecule has 1 saturated heterocycles. The van der Waals surface area contributed by atoms with E-state index < -0.39 is 23.4 Å². The second kappa shape index (κ2) is 11.3. The minimum atomic E-state index is -0.622. The molecule has 1 aromatic carbocycles. The van der Waals surface area contributed by atoms with Crippen molar-refractivity contribution < 1.29 is 33.4 Å². The Morgan fingerprint density at radius 1 is 1.06 bits per heavy atom. The number of ether oxygens (including phenoxy) is 4. The Bertz CT molecular complexity index is 888. The molecule has 0 spiro atoms. The van der Waals surface area contributed by atoms with E-state index in [1.54, 1.807) is 46.0 Å². The highest BCUT2D eigenvalue weighted by molar-refractivity contribution is 5.94. The number of oxime groups is 1. The lowest BCUT2D eigenvalue weighted by atomic mass is 10.1. The fourth-order valence-corrected chi connectivity index (χ4v) is 3.19. The molecule has 1 N–H and O–H groups in total. The third kappa shape index (κ3) is 8.64. The van der Waals surface area contributed by atoms with Gasteiger partial charge in [0.2, 0.25) is 0 Å². The number of nitrogens with zero attached hydrogens (tertiary/aromatic N) is 2. The summed E-state index contributed by atoms with van der Waals surface area (Å²) in [4.78, 5) is 31.9. The van der Waals surface area contributed by atoms with Gasteiger partial charge in [-0.2, -0.15) is 0 Å². The van der Waals surface area contributed by atoms with Crippen LogP contribution in [-0.2, 0) is 20.9 Å². The summed E-state index contributed by atoms with van der Waals surface area (Å²) in [7, 11) is 3.15. The third-order valence-corrected chi connectivity index (χ3v) is 4.70. The van der Waals surface area contributed by atoms with Crippen LogP contribution in [0.2, 0.25) is 0 Å². The minimum Gasteiger partial charge on any atom is -0.497 e. The molecule has 1 atom stereocenters. The SMILES string of the molecule is COc1ccc(CO/N=C2\CN(C(=O)OC(C)(C)C)CC2CNC(=O)OC(C)(C)C)c(OC)c1. The van der Waals surface area contributed by atoms with Gasteiger partial charge in [0.1, 0.15) is 29.3 Å². The lowest BCUT2D eigenvalue weighted by molar-refractivity contribution is 0.0292. The third-order valence-electron chi connectivity index (χ3n) is 4.70. The van der Waals surface area contributed by atoms with Gasteiger partial charge in [-0.1, -0.05) is 5.16 Å². The van der Waals surface area contributed by atoms with Gasteiger partial charge < -0.3 is 34.0 Å². The van der Waals surface area contributed by atoms with Crippen LogP contribution < -0.4 is 14.8 Å². The highest BCUT2D eigenvalue weighted by atomic mass is 16.6. The van der Waals surface area contributed by atoms with Gasteiger partial charge in [-0.15, -0.1) is 0 Å². The lowest BCUT2D eigenvalue weighted by Crippen LogP contribution is -2.38. The van der Waals surface area contributed by atoms with Gasteiger partial charge in [0.15, 0.2) is 0 Å². The van der Waals surface area contributed by atoms with E-state index in [2.05, 4.69) is 10.5 Å². The highest BCUT2D eigenvalue weighted by Gasteiger charge is 2.35.